The molecule has 0 unspecified atom stereocenters. The first kappa shape index (κ1) is 16.0. The maximum Gasteiger partial charge on any atom is 0.410 e. The number of rotatable bonds is 0. The number of para-hydroxylation sites is 2. The molecule has 0 bridgehead atoms. The zero-order valence-electron chi connectivity index (χ0n) is 14.2. The standard InChI is InChI=1S/C18H26N2O3/c1-17(2,3)23-16(21)20-12-9-18(10-13-20)8-11-19-14-6-4-5-7-15(14)22-18/h4-7,19H,8-13H2,1-3H3. The van der Waals surface area contributed by atoms with Gasteiger partial charge in [-0.25, -0.2) is 4.79 Å². The summed E-state index contributed by atoms with van der Waals surface area (Å²) in [5, 5.41) is 3.43. The Balaban J connectivity index is 1.65. The fourth-order valence-electron chi connectivity index (χ4n) is 3.19. The van der Waals surface area contributed by atoms with Crippen LogP contribution in [0.3, 0.4) is 0 Å². The zero-order chi connectivity index (χ0) is 16.5. The number of nitrogens with zero attached hydrogens (tertiary/aromatic N) is 1. The van der Waals surface area contributed by atoms with Crippen molar-refractivity contribution in [2.24, 2.45) is 0 Å². The summed E-state index contributed by atoms with van der Waals surface area (Å²) in [7, 11) is 0. The molecule has 1 spiro atoms. The van der Waals surface area contributed by atoms with E-state index < -0.39 is 5.60 Å². The van der Waals surface area contributed by atoms with Crippen molar-refractivity contribution in [1.82, 2.24) is 4.90 Å². The highest BCUT2D eigenvalue weighted by Gasteiger charge is 2.40. The molecule has 2 aliphatic heterocycles. The zero-order valence-corrected chi connectivity index (χ0v) is 14.2. The number of fused-ring (bicyclic) bond motifs is 1. The third-order valence-electron chi connectivity index (χ3n) is 4.44. The number of carbonyl (C=O) groups excluding carboxylic acids is 1. The summed E-state index contributed by atoms with van der Waals surface area (Å²) in [6, 6.07) is 8.06. The summed E-state index contributed by atoms with van der Waals surface area (Å²) in [5.41, 5.74) is 0.422. The largest absolute Gasteiger partial charge is 0.485 e. The Morgan fingerprint density at radius 1 is 1.22 bits per heavy atom. The van der Waals surface area contributed by atoms with E-state index in [-0.39, 0.29) is 11.7 Å². The van der Waals surface area contributed by atoms with E-state index in [0.29, 0.717) is 13.1 Å². The van der Waals surface area contributed by atoms with E-state index >= 15 is 0 Å². The molecule has 1 fully saturated rings. The van der Waals surface area contributed by atoms with Gasteiger partial charge in [-0.15, -0.1) is 0 Å². The highest BCUT2D eigenvalue weighted by Crippen LogP contribution is 2.38. The van der Waals surface area contributed by atoms with Crippen molar-refractivity contribution in [2.45, 2.75) is 51.2 Å². The fraction of sp³-hybridized carbons (Fsp3) is 0.611. The minimum atomic E-state index is -0.450. The first-order valence-corrected chi connectivity index (χ1v) is 8.37. The molecule has 1 amide bonds. The van der Waals surface area contributed by atoms with Gasteiger partial charge >= 0.3 is 6.09 Å². The second-order valence-electron chi connectivity index (χ2n) is 7.43. The average Bonchev–Trinajstić information content (AvgIpc) is 2.65. The summed E-state index contributed by atoms with van der Waals surface area (Å²) in [6.07, 6.45) is 2.40. The number of amides is 1. The Hall–Kier alpha value is -1.91. The Bertz CT molecular complexity index is 572. The van der Waals surface area contributed by atoms with Crippen LogP contribution in [0.5, 0.6) is 5.75 Å². The monoisotopic (exact) mass is 318 g/mol. The van der Waals surface area contributed by atoms with E-state index in [1.165, 1.54) is 0 Å². The molecular weight excluding hydrogens is 292 g/mol. The third kappa shape index (κ3) is 3.71. The number of nitrogens with one attached hydrogen (secondary N) is 1. The molecule has 23 heavy (non-hydrogen) atoms. The second kappa shape index (κ2) is 5.95. The summed E-state index contributed by atoms with van der Waals surface area (Å²) >= 11 is 0. The topological polar surface area (TPSA) is 50.8 Å². The van der Waals surface area contributed by atoms with Gasteiger partial charge in [0.15, 0.2) is 0 Å². The van der Waals surface area contributed by atoms with Gasteiger partial charge in [0.1, 0.15) is 17.0 Å². The van der Waals surface area contributed by atoms with Crippen molar-refractivity contribution >= 4 is 11.8 Å². The number of anilines is 1. The molecule has 1 aromatic rings. The molecule has 0 atom stereocenters. The summed E-state index contributed by atoms with van der Waals surface area (Å²) in [4.78, 5) is 14.0. The van der Waals surface area contributed by atoms with Gasteiger partial charge in [0, 0.05) is 38.9 Å². The molecule has 1 N–H and O–H groups in total. The molecule has 1 aromatic carbocycles. The van der Waals surface area contributed by atoms with Crippen molar-refractivity contribution < 1.29 is 14.3 Å². The van der Waals surface area contributed by atoms with E-state index in [1.54, 1.807) is 4.90 Å². The van der Waals surface area contributed by atoms with Gasteiger partial charge in [0.25, 0.3) is 0 Å². The SMILES string of the molecule is CC(C)(C)OC(=O)N1CCC2(CCNc3ccccc3O2)CC1. The van der Waals surface area contributed by atoms with Crippen LogP contribution in [0.15, 0.2) is 24.3 Å². The van der Waals surface area contributed by atoms with Gasteiger partial charge in [0.05, 0.1) is 5.69 Å². The third-order valence-corrected chi connectivity index (χ3v) is 4.44. The van der Waals surface area contributed by atoms with Crippen molar-refractivity contribution in [2.75, 3.05) is 25.0 Å². The molecule has 0 saturated carbocycles. The Labute approximate surface area is 137 Å². The second-order valence-corrected chi connectivity index (χ2v) is 7.43. The van der Waals surface area contributed by atoms with Gasteiger partial charge in [0.2, 0.25) is 0 Å². The van der Waals surface area contributed by atoms with Gasteiger partial charge in [-0.1, -0.05) is 12.1 Å². The number of ether oxygens (including phenoxy) is 2. The first-order valence-electron chi connectivity index (χ1n) is 8.37. The van der Waals surface area contributed by atoms with Gasteiger partial charge in [-0.05, 0) is 32.9 Å². The Morgan fingerprint density at radius 2 is 1.91 bits per heavy atom. The number of hydrogen-bond donors (Lipinski definition) is 1. The van der Waals surface area contributed by atoms with Gasteiger partial charge in [-0.3, -0.25) is 0 Å². The van der Waals surface area contributed by atoms with Crippen LogP contribution in [0.4, 0.5) is 10.5 Å². The van der Waals surface area contributed by atoms with Gasteiger partial charge < -0.3 is 19.7 Å². The van der Waals surface area contributed by atoms with E-state index in [1.807, 2.05) is 45.0 Å². The van der Waals surface area contributed by atoms with Crippen LogP contribution >= 0.6 is 0 Å². The fourth-order valence-corrected chi connectivity index (χ4v) is 3.19. The summed E-state index contributed by atoms with van der Waals surface area (Å²) < 4.78 is 11.8. The number of benzene rings is 1. The van der Waals surface area contributed by atoms with Crippen LogP contribution in [0.1, 0.15) is 40.0 Å². The van der Waals surface area contributed by atoms with Crippen LogP contribution < -0.4 is 10.1 Å². The molecule has 0 aliphatic carbocycles. The van der Waals surface area contributed by atoms with E-state index in [4.69, 9.17) is 9.47 Å². The van der Waals surface area contributed by atoms with Crippen LogP contribution in [-0.4, -0.2) is 41.8 Å². The minimum absolute atomic E-state index is 0.182. The quantitative estimate of drug-likeness (QED) is 0.793. The van der Waals surface area contributed by atoms with E-state index in [9.17, 15) is 4.79 Å². The maximum absolute atomic E-state index is 12.2. The summed E-state index contributed by atoms with van der Waals surface area (Å²) in [5.74, 6) is 0.913. The summed E-state index contributed by atoms with van der Waals surface area (Å²) in [6.45, 7) is 7.94. The molecule has 0 radical (unpaired) electrons. The van der Waals surface area contributed by atoms with Crippen molar-refractivity contribution in [1.29, 1.82) is 0 Å². The number of hydrogen-bond acceptors (Lipinski definition) is 4. The van der Waals surface area contributed by atoms with Crippen LogP contribution in [0.25, 0.3) is 0 Å². The van der Waals surface area contributed by atoms with Crippen LogP contribution in [-0.2, 0) is 4.74 Å². The van der Waals surface area contributed by atoms with Gasteiger partial charge in [-0.2, -0.15) is 0 Å². The maximum atomic E-state index is 12.2. The van der Waals surface area contributed by atoms with Crippen molar-refractivity contribution in [3.63, 3.8) is 0 Å². The molecule has 126 valence electrons. The highest BCUT2D eigenvalue weighted by molar-refractivity contribution is 5.68. The molecule has 5 heteroatoms. The lowest BCUT2D eigenvalue weighted by molar-refractivity contribution is -0.0183. The molecule has 2 aliphatic rings. The lowest BCUT2D eigenvalue weighted by Gasteiger charge is -2.41. The number of likely N-dealkylation sites (tertiary alicyclic amines) is 1. The van der Waals surface area contributed by atoms with Crippen molar-refractivity contribution in [3.05, 3.63) is 24.3 Å². The highest BCUT2D eigenvalue weighted by atomic mass is 16.6. The van der Waals surface area contributed by atoms with Crippen LogP contribution in [0, 0.1) is 0 Å². The molecule has 3 rings (SSSR count). The predicted octanol–water partition coefficient (Wildman–Crippen LogP) is 3.65. The Kier molecular flexibility index (Phi) is 4.13. The molecule has 2 heterocycles. The molecular formula is C18H26N2O3. The minimum Gasteiger partial charge on any atom is -0.485 e. The normalized spacial score (nSPS) is 20.0. The van der Waals surface area contributed by atoms with E-state index in [0.717, 1.165) is 37.2 Å². The van der Waals surface area contributed by atoms with Crippen molar-refractivity contribution in [3.8, 4) is 5.75 Å². The lowest BCUT2D eigenvalue weighted by Crippen LogP contribution is -2.51. The Morgan fingerprint density at radius 3 is 2.61 bits per heavy atom. The average molecular weight is 318 g/mol. The van der Waals surface area contributed by atoms with Crippen LogP contribution in [0.2, 0.25) is 0 Å². The molecule has 0 aromatic heterocycles. The first-order chi connectivity index (χ1) is 10.9. The molecule has 5 nitrogen and oxygen atoms in total. The molecule has 1 saturated heterocycles. The van der Waals surface area contributed by atoms with E-state index in [2.05, 4.69) is 5.32 Å². The predicted molar refractivity (Wildman–Crippen MR) is 89.9 cm³/mol. The number of carbonyl (C=O) groups is 1. The number of piperidine rings is 1. The lowest BCUT2D eigenvalue weighted by atomic mass is 9.88. The smallest absolute Gasteiger partial charge is 0.410 e.